The Labute approximate surface area is 173 Å². The van der Waals surface area contributed by atoms with E-state index >= 15 is 0 Å². The highest BCUT2D eigenvalue weighted by atomic mass is 32.1. The number of rotatable bonds is 6. The predicted molar refractivity (Wildman–Crippen MR) is 113 cm³/mol. The van der Waals surface area contributed by atoms with Gasteiger partial charge in [0, 0.05) is 10.4 Å². The van der Waals surface area contributed by atoms with Crippen LogP contribution in [0.1, 0.15) is 44.5 Å². The van der Waals surface area contributed by atoms with Crippen LogP contribution in [0.5, 0.6) is 11.5 Å². The van der Waals surface area contributed by atoms with Gasteiger partial charge >= 0.3 is 5.97 Å². The van der Waals surface area contributed by atoms with Crippen molar-refractivity contribution in [1.29, 1.82) is 0 Å². The molecule has 0 atom stereocenters. The van der Waals surface area contributed by atoms with Gasteiger partial charge in [0.15, 0.2) is 0 Å². The Morgan fingerprint density at radius 3 is 2.45 bits per heavy atom. The van der Waals surface area contributed by atoms with Crippen molar-refractivity contribution in [1.82, 2.24) is 0 Å². The van der Waals surface area contributed by atoms with Crippen LogP contribution in [0.15, 0.2) is 54.6 Å². The minimum absolute atomic E-state index is 0.262. The van der Waals surface area contributed by atoms with Crippen LogP contribution in [-0.2, 0) is 17.6 Å². The number of anilines is 1. The number of ether oxygens (including phenoxy) is 2. The van der Waals surface area contributed by atoms with E-state index in [1.807, 2.05) is 30.3 Å². The molecule has 148 valence electrons. The molecular weight excluding hydrogens is 386 g/mol. The first-order valence-corrected chi connectivity index (χ1v) is 10.4. The van der Waals surface area contributed by atoms with Crippen molar-refractivity contribution in [3.63, 3.8) is 0 Å². The second-order valence-electron chi connectivity index (χ2n) is 6.68. The standard InChI is InChI=1S/C23H21NO4S/c1-2-27-23(26)20-18-9-6-10-19(18)29-22(20)24-21(25)15-11-13-17(14-12-15)28-16-7-4-3-5-8-16/h3-5,7-8,11-14H,2,6,9-10H2,1H3,(H,24,25). The van der Waals surface area contributed by atoms with Gasteiger partial charge in [-0.3, -0.25) is 4.79 Å². The number of carbonyl (C=O) groups is 2. The van der Waals surface area contributed by atoms with Crippen molar-refractivity contribution in [3.05, 3.63) is 76.2 Å². The third-order valence-electron chi connectivity index (χ3n) is 4.72. The van der Waals surface area contributed by atoms with Crippen molar-refractivity contribution in [3.8, 4) is 11.5 Å². The van der Waals surface area contributed by atoms with E-state index in [1.165, 1.54) is 11.3 Å². The molecule has 0 saturated heterocycles. The Bertz CT molecular complexity index is 1030. The number of carbonyl (C=O) groups excluding carboxylic acids is 2. The average molecular weight is 407 g/mol. The van der Waals surface area contributed by atoms with Gasteiger partial charge < -0.3 is 14.8 Å². The molecule has 0 spiro atoms. The van der Waals surface area contributed by atoms with Crippen LogP contribution < -0.4 is 10.1 Å². The first-order valence-electron chi connectivity index (χ1n) is 9.61. The van der Waals surface area contributed by atoms with Gasteiger partial charge in [-0.1, -0.05) is 18.2 Å². The Kier molecular flexibility index (Phi) is 5.62. The van der Waals surface area contributed by atoms with Crippen molar-refractivity contribution >= 4 is 28.2 Å². The molecule has 1 aliphatic rings. The van der Waals surface area contributed by atoms with Gasteiger partial charge in [-0.25, -0.2) is 4.79 Å². The number of nitrogens with one attached hydrogen (secondary N) is 1. The summed E-state index contributed by atoms with van der Waals surface area (Å²) in [6, 6.07) is 16.4. The molecule has 5 nitrogen and oxygen atoms in total. The van der Waals surface area contributed by atoms with Gasteiger partial charge in [0.05, 0.1) is 12.2 Å². The van der Waals surface area contributed by atoms with Gasteiger partial charge in [-0.2, -0.15) is 0 Å². The van der Waals surface area contributed by atoms with Crippen LogP contribution in [-0.4, -0.2) is 18.5 Å². The molecule has 1 aromatic heterocycles. The largest absolute Gasteiger partial charge is 0.462 e. The third kappa shape index (κ3) is 4.17. The second-order valence-corrected chi connectivity index (χ2v) is 7.78. The summed E-state index contributed by atoms with van der Waals surface area (Å²) in [5.74, 6) is 0.752. The minimum atomic E-state index is -0.367. The molecule has 1 aliphatic carbocycles. The molecule has 0 unspecified atom stereocenters. The van der Waals surface area contributed by atoms with E-state index in [0.29, 0.717) is 28.5 Å². The summed E-state index contributed by atoms with van der Waals surface area (Å²) in [6.07, 6.45) is 2.82. The lowest BCUT2D eigenvalue weighted by molar-refractivity contribution is 0.0527. The fourth-order valence-corrected chi connectivity index (χ4v) is 4.66. The number of para-hydroxylation sites is 1. The molecule has 29 heavy (non-hydrogen) atoms. The topological polar surface area (TPSA) is 64.6 Å². The Hall–Kier alpha value is -3.12. The van der Waals surface area contributed by atoms with Crippen molar-refractivity contribution < 1.29 is 19.1 Å². The zero-order chi connectivity index (χ0) is 20.2. The maximum absolute atomic E-state index is 12.7. The van der Waals surface area contributed by atoms with E-state index in [4.69, 9.17) is 9.47 Å². The van der Waals surface area contributed by atoms with Crippen LogP contribution in [0.4, 0.5) is 5.00 Å². The summed E-state index contributed by atoms with van der Waals surface area (Å²) < 4.78 is 11.0. The molecule has 0 aliphatic heterocycles. The van der Waals surface area contributed by atoms with Crippen LogP contribution in [0.2, 0.25) is 0 Å². The van der Waals surface area contributed by atoms with Crippen LogP contribution in [0.3, 0.4) is 0 Å². The number of esters is 1. The van der Waals surface area contributed by atoms with Crippen LogP contribution in [0.25, 0.3) is 0 Å². The zero-order valence-corrected chi connectivity index (χ0v) is 16.9. The van der Waals surface area contributed by atoms with Gasteiger partial charge in [0.1, 0.15) is 16.5 Å². The zero-order valence-electron chi connectivity index (χ0n) is 16.1. The molecule has 0 saturated carbocycles. The normalized spacial score (nSPS) is 12.3. The lowest BCUT2D eigenvalue weighted by Crippen LogP contribution is -2.15. The number of aryl methyl sites for hydroxylation is 1. The molecule has 0 fully saturated rings. The average Bonchev–Trinajstić information content (AvgIpc) is 3.30. The van der Waals surface area contributed by atoms with E-state index < -0.39 is 0 Å². The molecule has 1 N–H and O–H groups in total. The predicted octanol–water partition coefficient (Wildman–Crippen LogP) is 5.46. The maximum Gasteiger partial charge on any atom is 0.341 e. The highest BCUT2D eigenvalue weighted by Gasteiger charge is 2.28. The number of hydrogen-bond acceptors (Lipinski definition) is 5. The fraction of sp³-hybridized carbons (Fsp3) is 0.217. The van der Waals surface area contributed by atoms with E-state index in [1.54, 1.807) is 31.2 Å². The number of amides is 1. The summed E-state index contributed by atoms with van der Waals surface area (Å²) in [7, 11) is 0. The van der Waals surface area contributed by atoms with Gasteiger partial charge in [-0.15, -0.1) is 11.3 Å². The molecular formula is C23H21NO4S. The highest BCUT2D eigenvalue weighted by Crippen LogP contribution is 2.39. The minimum Gasteiger partial charge on any atom is -0.462 e. The van der Waals surface area contributed by atoms with E-state index in [9.17, 15) is 9.59 Å². The van der Waals surface area contributed by atoms with Crippen molar-refractivity contribution in [2.24, 2.45) is 0 Å². The summed E-state index contributed by atoms with van der Waals surface area (Å²) in [4.78, 5) is 26.3. The summed E-state index contributed by atoms with van der Waals surface area (Å²) in [5.41, 5.74) is 2.03. The molecule has 2 aromatic carbocycles. The first-order chi connectivity index (χ1) is 14.2. The second kappa shape index (κ2) is 8.49. The molecule has 4 rings (SSSR count). The summed E-state index contributed by atoms with van der Waals surface area (Å²) in [5, 5.41) is 3.47. The molecule has 3 aromatic rings. The summed E-state index contributed by atoms with van der Waals surface area (Å²) >= 11 is 1.47. The lowest BCUT2D eigenvalue weighted by atomic mass is 10.1. The Morgan fingerprint density at radius 1 is 1.00 bits per heavy atom. The smallest absolute Gasteiger partial charge is 0.341 e. The Balaban J connectivity index is 1.50. The number of thiophene rings is 1. The molecule has 6 heteroatoms. The first kappa shape index (κ1) is 19.2. The highest BCUT2D eigenvalue weighted by molar-refractivity contribution is 7.17. The molecule has 1 heterocycles. The molecule has 1 amide bonds. The van der Waals surface area contributed by atoms with Gasteiger partial charge in [0.2, 0.25) is 0 Å². The number of hydrogen-bond donors (Lipinski definition) is 1. The van der Waals surface area contributed by atoms with Gasteiger partial charge in [0.25, 0.3) is 5.91 Å². The van der Waals surface area contributed by atoms with Crippen molar-refractivity contribution in [2.75, 3.05) is 11.9 Å². The van der Waals surface area contributed by atoms with Crippen LogP contribution in [0, 0.1) is 0 Å². The maximum atomic E-state index is 12.7. The summed E-state index contributed by atoms with van der Waals surface area (Å²) in [6.45, 7) is 2.08. The van der Waals surface area contributed by atoms with E-state index in [2.05, 4.69) is 5.32 Å². The lowest BCUT2D eigenvalue weighted by Gasteiger charge is -2.09. The molecule has 0 bridgehead atoms. The Morgan fingerprint density at radius 2 is 1.72 bits per heavy atom. The quantitative estimate of drug-likeness (QED) is 0.551. The monoisotopic (exact) mass is 407 g/mol. The van der Waals surface area contributed by atoms with E-state index in [-0.39, 0.29) is 11.9 Å². The van der Waals surface area contributed by atoms with Gasteiger partial charge in [-0.05, 0) is 68.1 Å². The SMILES string of the molecule is CCOC(=O)c1c(NC(=O)c2ccc(Oc3ccccc3)cc2)sc2c1CCC2. The van der Waals surface area contributed by atoms with Crippen LogP contribution >= 0.6 is 11.3 Å². The van der Waals surface area contributed by atoms with E-state index in [0.717, 1.165) is 35.5 Å². The number of benzene rings is 2. The van der Waals surface area contributed by atoms with Crippen molar-refractivity contribution in [2.45, 2.75) is 26.2 Å². The third-order valence-corrected chi connectivity index (χ3v) is 5.93. The number of fused-ring (bicyclic) bond motifs is 1. The molecule has 0 radical (unpaired) electrons. The fourth-order valence-electron chi connectivity index (χ4n) is 3.39.